The van der Waals surface area contributed by atoms with Crippen LogP contribution in [0, 0.1) is 0 Å². The van der Waals surface area contributed by atoms with Gasteiger partial charge in [-0.1, -0.05) is 36.2 Å². The van der Waals surface area contributed by atoms with Crippen molar-refractivity contribution in [2.45, 2.75) is 13.3 Å². The minimum atomic E-state index is -0.249. The van der Waals surface area contributed by atoms with Crippen LogP contribution in [0.1, 0.15) is 23.7 Å². The van der Waals surface area contributed by atoms with E-state index in [1.807, 2.05) is 6.92 Å². The molecule has 2 aromatic carbocycles. The molecule has 0 spiro atoms. The van der Waals surface area contributed by atoms with Crippen molar-refractivity contribution in [3.05, 3.63) is 58.1 Å². The summed E-state index contributed by atoms with van der Waals surface area (Å²) in [4.78, 5) is 12.1. The smallest absolute Gasteiger partial charge is 0.255 e. The summed E-state index contributed by atoms with van der Waals surface area (Å²) in [7, 11) is 0. The summed E-state index contributed by atoms with van der Waals surface area (Å²) in [6.07, 6.45) is 0.940. The lowest BCUT2D eigenvalue weighted by atomic mass is 10.2. The Labute approximate surface area is 133 Å². The first kappa shape index (κ1) is 15.7. The Morgan fingerprint density at radius 1 is 1.14 bits per heavy atom. The highest BCUT2D eigenvalue weighted by Crippen LogP contribution is 2.29. The highest BCUT2D eigenvalue weighted by molar-refractivity contribution is 6.44. The summed E-state index contributed by atoms with van der Waals surface area (Å²) in [6, 6.07) is 12.0. The van der Waals surface area contributed by atoms with Crippen LogP contribution in [0.15, 0.2) is 42.5 Å². The lowest BCUT2D eigenvalue weighted by Crippen LogP contribution is -2.12. The van der Waals surface area contributed by atoms with Gasteiger partial charge in [0.1, 0.15) is 5.75 Å². The molecule has 1 N–H and O–H groups in total. The molecule has 0 aliphatic rings. The van der Waals surface area contributed by atoms with Crippen molar-refractivity contribution in [2.24, 2.45) is 0 Å². The average molecular weight is 324 g/mol. The van der Waals surface area contributed by atoms with Gasteiger partial charge in [0, 0.05) is 5.56 Å². The van der Waals surface area contributed by atoms with Crippen LogP contribution in [0.25, 0.3) is 0 Å². The maximum Gasteiger partial charge on any atom is 0.255 e. The van der Waals surface area contributed by atoms with Gasteiger partial charge < -0.3 is 10.1 Å². The average Bonchev–Trinajstić information content (AvgIpc) is 2.50. The van der Waals surface area contributed by atoms with E-state index >= 15 is 0 Å². The van der Waals surface area contributed by atoms with Gasteiger partial charge in [0.25, 0.3) is 5.91 Å². The van der Waals surface area contributed by atoms with Crippen LogP contribution in [-0.2, 0) is 0 Å². The van der Waals surface area contributed by atoms with Gasteiger partial charge >= 0.3 is 0 Å². The third-order valence-electron chi connectivity index (χ3n) is 2.79. The molecule has 0 bridgehead atoms. The third-order valence-corrected chi connectivity index (χ3v) is 3.61. The van der Waals surface area contributed by atoms with Crippen LogP contribution in [0.5, 0.6) is 5.75 Å². The molecule has 0 saturated carbocycles. The standard InChI is InChI=1S/C16H15Cl2NO2/c1-2-10-21-12-8-6-11(7-9-12)16(20)19-14-5-3-4-13(17)15(14)18/h3-9H,2,10H2,1H3,(H,19,20). The lowest BCUT2D eigenvalue weighted by Gasteiger charge is -2.09. The maximum atomic E-state index is 12.1. The summed E-state index contributed by atoms with van der Waals surface area (Å²) >= 11 is 12.0. The molecule has 0 saturated heterocycles. The van der Waals surface area contributed by atoms with Gasteiger partial charge in [0.15, 0.2) is 0 Å². The number of hydrogen-bond acceptors (Lipinski definition) is 2. The van der Waals surface area contributed by atoms with E-state index in [0.717, 1.165) is 12.2 Å². The van der Waals surface area contributed by atoms with Crippen LogP contribution < -0.4 is 10.1 Å². The largest absolute Gasteiger partial charge is 0.494 e. The van der Waals surface area contributed by atoms with E-state index in [1.54, 1.807) is 42.5 Å². The van der Waals surface area contributed by atoms with Gasteiger partial charge in [0.05, 0.1) is 22.3 Å². The van der Waals surface area contributed by atoms with Crippen LogP contribution in [0.2, 0.25) is 10.0 Å². The molecule has 3 nitrogen and oxygen atoms in total. The predicted molar refractivity (Wildman–Crippen MR) is 86.6 cm³/mol. The lowest BCUT2D eigenvalue weighted by molar-refractivity contribution is 0.102. The molecule has 0 heterocycles. The van der Waals surface area contributed by atoms with Crippen molar-refractivity contribution >= 4 is 34.8 Å². The second kappa shape index (κ2) is 7.34. The van der Waals surface area contributed by atoms with Gasteiger partial charge in [-0.25, -0.2) is 0 Å². The van der Waals surface area contributed by atoms with Crippen molar-refractivity contribution < 1.29 is 9.53 Å². The Balaban J connectivity index is 2.08. The van der Waals surface area contributed by atoms with Gasteiger partial charge in [-0.15, -0.1) is 0 Å². The van der Waals surface area contributed by atoms with E-state index in [4.69, 9.17) is 27.9 Å². The molecule has 0 radical (unpaired) electrons. The zero-order chi connectivity index (χ0) is 15.2. The number of nitrogens with one attached hydrogen (secondary N) is 1. The molecule has 5 heteroatoms. The van der Waals surface area contributed by atoms with Crippen LogP contribution in [0.3, 0.4) is 0 Å². The fourth-order valence-corrected chi connectivity index (χ4v) is 2.07. The minimum absolute atomic E-state index is 0.249. The fraction of sp³-hybridized carbons (Fsp3) is 0.188. The van der Waals surface area contributed by atoms with Gasteiger partial charge in [0.2, 0.25) is 0 Å². The van der Waals surface area contributed by atoms with E-state index in [-0.39, 0.29) is 5.91 Å². The second-order valence-corrected chi connectivity index (χ2v) is 5.21. The molecule has 0 fully saturated rings. The SMILES string of the molecule is CCCOc1ccc(C(=O)Nc2cccc(Cl)c2Cl)cc1. The zero-order valence-corrected chi connectivity index (χ0v) is 13.0. The molecular formula is C16H15Cl2NO2. The third kappa shape index (κ3) is 4.13. The predicted octanol–water partition coefficient (Wildman–Crippen LogP) is 5.03. The molecule has 0 unspecified atom stereocenters. The van der Waals surface area contributed by atoms with E-state index in [2.05, 4.69) is 5.32 Å². The summed E-state index contributed by atoms with van der Waals surface area (Å²) < 4.78 is 5.47. The number of carbonyl (C=O) groups excluding carboxylic acids is 1. The molecule has 0 aliphatic carbocycles. The Morgan fingerprint density at radius 3 is 2.52 bits per heavy atom. The summed E-state index contributed by atoms with van der Waals surface area (Å²) in [6.45, 7) is 2.69. The Hall–Kier alpha value is -1.71. The first-order chi connectivity index (χ1) is 10.1. The number of anilines is 1. The number of benzene rings is 2. The van der Waals surface area contributed by atoms with Crippen molar-refractivity contribution in [1.29, 1.82) is 0 Å². The van der Waals surface area contributed by atoms with Crippen molar-refractivity contribution in [3.63, 3.8) is 0 Å². The molecule has 1 amide bonds. The molecule has 21 heavy (non-hydrogen) atoms. The van der Waals surface area contributed by atoms with Crippen LogP contribution in [-0.4, -0.2) is 12.5 Å². The first-order valence-corrected chi connectivity index (χ1v) is 7.35. The number of carbonyl (C=O) groups is 1. The first-order valence-electron chi connectivity index (χ1n) is 6.60. The Bertz CT molecular complexity index is 627. The molecule has 2 aromatic rings. The number of hydrogen-bond donors (Lipinski definition) is 1. The van der Waals surface area contributed by atoms with Gasteiger partial charge in [-0.3, -0.25) is 4.79 Å². The van der Waals surface area contributed by atoms with Crippen molar-refractivity contribution in [1.82, 2.24) is 0 Å². The normalized spacial score (nSPS) is 10.2. The zero-order valence-electron chi connectivity index (χ0n) is 11.5. The molecule has 0 aliphatic heterocycles. The number of ether oxygens (including phenoxy) is 1. The van der Waals surface area contributed by atoms with Crippen molar-refractivity contribution in [2.75, 3.05) is 11.9 Å². The molecular weight excluding hydrogens is 309 g/mol. The minimum Gasteiger partial charge on any atom is -0.494 e. The molecule has 2 rings (SSSR count). The summed E-state index contributed by atoms with van der Waals surface area (Å²) in [5, 5.41) is 3.46. The van der Waals surface area contributed by atoms with E-state index in [9.17, 15) is 4.79 Å². The number of halogens is 2. The highest BCUT2D eigenvalue weighted by Gasteiger charge is 2.10. The maximum absolute atomic E-state index is 12.1. The second-order valence-electron chi connectivity index (χ2n) is 4.43. The topological polar surface area (TPSA) is 38.3 Å². The number of rotatable bonds is 5. The molecule has 110 valence electrons. The quantitative estimate of drug-likeness (QED) is 0.837. The summed E-state index contributed by atoms with van der Waals surface area (Å²) in [5.74, 6) is 0.496. The molecule has 0 aromatic heterocycles. The Kier molecular flexibility index (Phi) is 5.48. The Morgan fingerprint density at radius 2 is 1.86 bits per heavy atom. The van der Waals surface area contributed by atoms with Crippen LogP contribution in [0.4, 0.5) is 5.69 Å². The van der Waals surface area contributed by atoms with Crippen molar-refractivity contribution in [3.8, 4) is 5.75 Å². The molecule has 0 atom stereocenters. The van der Waals surface area contributed by atoms with Gasteiger partial charge in [-0.05, 0) is 42.8 Å². The van der Waals surface area contributed by atoms with Crippen LogP contribution >= 0.6 is 23.2 Å². The number of amides is 1. The van der Waals surface area contributed by atoms with Gasteiger partial charge in [-0.2, -0.15) is 0 Å². The monoisotopic (exact) mass is 323 g/mol. The van der Waals surface area contributed by atoms with E-state index in [0.29, 0.717) is 27.9 Å². The summed E-state index contributed by atoms with van der Waals surface area (Å²) in [5.41, 5.74) is 1.01. The fourth-order valence-electron chi connectivity index (χ4n) is 1.72. The van der Waals surface area contributed by atoms with E-state index < -0.39 is 0 Å². The highest BCUT2D eigenvalue weighted by atomic mass is 35.5. The van der Waals surface area contributed by atoms with E-state index in [1.165, 1.54) is 0 Å².